The number of morpholine rings is 2. The van der Waals surface area contributed by atoms with Crippen LogP contribution in [-0.2, 0) is 29.5 Å². The molecule has 2 fully saturated rings. The number of nitrogens with zero attached hydrogens (tertiary/aromatic N) is 2. The summed E-state index contributed by atoms with van der Waals surface area (Å²) in [4.78, 5) is 30.3. The maximum absolute atomic E-state index is 13.4. The Morgan fingerprint density at radius 3 is 1.32 bits per heavy atom. The third kappa shape index (κ3) is 5.76. The zero-order chi connectivity index (χ0) is 28.7. The summed E-state index contributed by atoms with van der Waals surface area (Å²) in [6.45, 7) is 7.81. The summed E-state index contributed by atoms with van der Waals surface area (Å²) in [5.74, 6) is -1.11. The molecular formula is C26H32N4O8S2. The Kier molecular flexibility index (Phi) is 8.23. The highest BCUT2D eigenvalue weighted by Gasteiger charge is 2.33. The topological polar surface area (TPSA) is 151 Å². The molecule has 2 aliphatic heterocycles. The van der Waals surface area contributed by atoms with E-state index in [2.05, 4.69) is 9.44 Å². The summed E-state index contributed by atoms with van der Waals surface area (Å²) in [5, 5.41) is 0. The van der Waals surface area contributed by atoms with Gasteiger partial charge in [0.05, 0.1) is 48.6 Å². The molecule has 1 aliphatic carbocycles. The van der Waals surface area contributed by atoms with Crippen molar-refractivity contribution in [2.24, 2.45) is 0 Å². The van der Waals surface area contributed by atoms with Gasteiger partial charge in [-0.15, -0.1) is 0 Å². The number of sulfonamides is 2. The molecule has 3 aliphatic rings. The van der Waals surface area contributed by atoms with Gasteiger partial charge in [0.15, 0.2) is 11.6 Å². The molecule has 2 aromatic rings. The van der Waals surface area contributed by atoms with Gasteiger partial charge in [0.2, 0.25) is 20.0 Å². The van der Waals surface area contributed by atoms with E-state index in [0.717, 1.165) is 0 Å². The van der Waals surface area contributed by atoms with Crippen LogP contribution in [0.25, 0.3) is 0 Å². The number of carbonyl (C=O) groups is 2. The highest BCUT2D eigenvalue weighted by Crippen LogP contribution is 2.31. The smallest absolute Gasteiger partial charge is 0.241 e. The molecular weight excluding hydrogens is 560 g/mol. The Balaban J connectivity index is 1.38. The van der Waals surface area contributed by atoms with Crippen LogP contribution in [0.3, 0.4) is 0 Å². The zero-order valence-corrected chi connectivity index (χ0v) is 23.9. The van der Waals surface area contributed by atoms with Crippen molar-refractivity contribution >= 4 is 31.6 Å². The Morgan fingerprint density at radius 1 is 0.625 bits per heavy atom. The number of nitrogens with one attached hydrogen (secondary N) is 2. The first-order valence-corrected chi connectivity index (χ1v) is 16.0. The van der Waals surface area contributed by atoms with Crippen LogP contribution in [0.2, 0.25) is 0 Å². The molecule has 2 saturated heterocycles. The van der Waals surface area contributed by atoms with Gasteiger partial charge in [-0.3, -0.25) is 19.4 Å². The molecule has 2 N–H and O–H groups in total. The van der Waals surface area contributed by atoms with Crippen LogP contribution in [0.5, 0.6) is 0 Å². The molecule has 2 unspecified atom stereocenters. The fourth-order valence-electron chi connectivity index (χ4n) is 5.11. The number of carbonyl (C=O) groups excluding carboxylic acids is 2. The quantitative estimate of drug-likeness (QED) is 0.376. The average Bonchev–Trinajstić information content (AvgIpc) is 2.95. The summed E-state index contributed by atoms with van der Waals surface area (Å²) in [5.41, 5.74) is -0.0631. The highest BCUT2D eigenvalue weighted by atomic mass is 32.2. The largest absolute Gasteiger partial charge is 0.379 e. The maximum Gasteiger partial charge on any atom is 0.241 e. The number of ketones is 2. The van der Waals surface area contributed by atoms with Crippen molar-refractivity contribution in [1.82, 2.24) is 19.2 Å². The van der Waals surface area contributed by atoms with Gasteiger partial charge >= 0.3 is 0 Å². The van der Waals surface area contributed by atoms with Crippen molar-refractivity contribution in [2.45, 2.75) is 36.0 Å². The van der Waals surface area contributed by atoms with E-state index >= 15 is 0 Å². The zero-order valence-electron chi connectivity index (χ0n) is 22.3. The lowest BCUT2D eigenvalue weighted by Crippen LogP contribution is -2.50. The molecule has 12 nitrogen and oxygen atoms in total. The maximum atomic E-state index is 13.4. The van der Waals surface area contributed by atoms with Crippen molar-refractivity contribution in [3.8, 4) is 0 Å². The van der Waals surface area contributed by atoms with Crippen molar-refractivity contribution < 1.29 is 35.9 Å². The van der Waals surface area contributed by atoms with Crippen molar-refractivity contribution in [3.05, 3.63) is 58.7 Å². The van der Waals surface area contributed by atoms with Gasteiger partial charge in [-0.25, -0.2) is 16.8 Å². The van der Waals surface area contributed by atoms with E-state index in [0.29, 0.717) is 52.6 Å². The summed E-state index contributed by atoms with van der Waals surface area (Å²) in [7, 11) is -8.01. The number of hydrogen-bond acceptors (Lipinski definition) is 10. The molecule has 0 spiro atoms. The van der Waals surface area contributed by atoms with Gasteiger partial charge in [-0.05, 0) is 50.2 Å². The summed E-state index contributed by atoms with van der Waals surface area (Å²) in [6.07, 6.45) is -0.995. The van der Waals surface area contributed by atoms with Gasteiger partial charge in [-0.2, -0.15) is 9.44 Å². The molecule has 0 saturated carbocycles. The highest BCUT2D eigenvalue weighted by molar-refractivity contribution is 7.89. The normalized spacial score (nSPS) is 20.6. The van der Waals surface area contributed by atoms with Crippen LogP contribution in [0, 0.1) is 0 Å². The van der Waals surface area contributed by atoms with Gasteiger partial charge in [-0.1, -0.05) is 0 Å². The summed E-state index contributed by atoms with van der Waals surface area (Å²) >= 11 is 0. The molecule has 40 heavy (non-hydrogen) atoms. The van der Waals surface area contributed by atoms with E-state index in [1.807, 2.05) is 9.80 Å². The second-order valence-electron chi connectivity index (χ2n) is 9.96. The Labute approximate surface area is 233 Å². The first-order chi connectivity index (χ1) is 19.0. The van der Waals surface area contributed by atoms with Crippen LogP contribution in [0.15, 0.2) is 46.2 Å². The van der Waals surface area contributed by atoms with Gasteiger partial charge in [0, 0.05) is 48.4 Å². The molecule has 14 heteroatoms. The van der Waals surface area contributed by atoms with E-state index in [-0.39, 0.29) is 32.0 Å². The van der Waals surface area contributed by atoms with Crippen LogP contribution < -0.4 is 9.44 Å². The molecule has 0 aromatic heterocycles. The lowest BCUT2D eigenvalue weighted by atomic mass is 9.84. The minimum Gasteiger partial charge on any atom is -0.379 e. The standard InChI is InChI=1S/C26H32N4O8S2/c1-17(29-7-11-37-12-8-29)27-39(33,34)19-3-5-21-23(15-19)25(31)22-6-4-20(16-24(22)26(21)32)40(35,36)28-18(2)30-9-13-38-14-10-30/h3-6,15-18,27-28H,7-14H2,1-2H3. The molecule has 2 heterocycles. The molecule has 216 valence electrons. The minimum atomic E-state index is -4.00. The van der Waals surface area contributed by atoms with Crippen molar-refractivity contribution in [3.63, 3.8) is 0 Å². The summed E-state index contributed by atoms with van der Waals surface area (Å²) in [6, 6.07) is 7.54. The predicted molar refractivity (Wildman–Crippen MR) is 144 cm³/mol. The van der Waals surface area contributed by atoms with Crippen molar-refractivity contribution in [2.75, 3.05) is 52.6 Å². The van der Waals surface area contributed by atoms with Gasteiger partial charge in [0.25, 0.3) is 0 Å². The second-order valence-corrected chi connectivity index (χ2v) is 13.4. The number of ether oxygens (including phenoxy) is 2. The van der Waals surface area contributed by atoms with E-state index in [9.17, 15) is 26.4 Å². The second kappa shape index (κ2) is 11.4. The lowest BCUT2D eigenvalue weighted by molar-refractivity contribution is 0.0181. The minimum absolute atomic E-state index is 0.0156. The van der Waals surface area contributed by atoms with Crippen molar-refractivity contribution in [1.29, 1.82) is 0 Å². The first-order valence-electron chi connectivity index (χ1n) is 13.0. The Morgan fingerprint density at radius 2 is 0.975 bits per heavy atom. The van der Waals surface area contributed by atoms with Crippen LogP contribution in [0.1, 0.15) is 45.7 Å². The van der Waals surface area contributed by atoms with E-state index < -0.39 is 43.9 Å². The lowest BCUT2D eigenvalue weighted by Gasteiger charge is -2.32. The number of benzene rings is 2. The van der Waals surface area contributed by atoms with Crippen LogP contribution in [0.4, 0.5) is 0 Å². The molecule has 0 radical (unpaired) electrons. The van der Waals surface area contributed by atoms with Gasteiger partial charge < -0.3 is 9.47 Å². The fraction of sp³-hybridized carbons (Fsp3) is 0.462. The number of rotatable bonds is 8. The van der Waals surface area contributed by atoms with Gasteiger partial charge in [0.1, 0.15) is 0 Å². The van der Waals surface area contributed by atoms with Crippen LogP contribution >= 0.6 is 0 Å². The molecule has 0 amide bonds. The molecule has 0 bridgehead atoms. The third-order valence-electron chi connectivity index (χ3n) is 7.42. The molecule has 2 aromatic carbocycles. The Bertz CT molecular complexity index is 1420. The van der Waals surface area contributed by atoms with E-state index in [1.54, 1.807) is 13.8 Å². The molecule has 5 rings (SSSR count). The molecule has 2 atom stereocenters. The van der Waals surface area contributed by atoms with E-state index in [4.69, 9.17) is 9.47 Å². The Hall–Kier alpha value is -2.56. The SMILES string of the molecule is CC(NS(=O)(=O)c1ccc2c(c1)C(=O)c1ccc(S(=O)(=O)NC(C)N3CCOCC3)cc1C2=O)N1CCOCC1. The number of fused-ring (bicyclic) bond motifs is 2. The third-order valence-corrected chi connectivity index (χ3v) is 10.5. The predicted octanol–water partition coefficient (Wildman–Crippen LogP) is 0.375. The number of hydrogen-bond donors (Lipinski definition) is 2. The van der Waals surface area contributed by atoms with Crippen LogP contribution in [-0.4, -0.2) is 103 Å². The fourth-order valence-corrected chi connectivity index (χ4v) is 7.62. The summed E-state index contributed by atoms with van der Waals surface area (Å²) < 4.78 is 68.3. The first kappa shape index (κ1) is 29.0. The monoisotopic (exact) mass is 592 g/mol. The van der Waals surface area contributed by atoms with E-state index in [1.165, 1.54) is 36.4 Å². The average molecular weight is 593 g/mol.